The van der Waals surface area contributed by atoms with Crippen LogP contribution in [0.3, 0.4) is 0 Å². The zero-order valence-electron chi connectivity index (χ0n) is 10.8. The number of carboxylic acid groups (broad SMARTS) is 1. The van der Waals surface area contributed by atoms with Crippen LogP contribution in [-0.2, 0) is 14.4 Å². The number of hydrogen-bond acceptors (Lipinski definition) is 5. The highest BCUT2D eigenvalue weighted by molar-refractivity contribution is 6.40. The maximum Gasteiger partial charge on any atom is 0.320 e. The van der Waals surface area contributed by atoms with Crippen molar-refractivity contribution in [2.24, 2.45) is 5.73 Å². The molecule has 1 aromatic rings. The molecule has 0 saturated heterocycles. The fraction of sp³-hybridized carbons (Fsp3) is 0.231. The second kappa shape index (κ2) is 6.58. The first kappa shape index (κ1) is 15.5. The molecule has 1 rings (SSSR count). The molecule has 106 valence electrons. The molecular formula is C13H14N2O5. The lowest BCUT2D eigenvalue weighted by Crippen LogP contribution is -2.32. The zero-order chi connectivity index (χ0) is 15.3. The number of anilines is 1. The van der Waals surface area contributed by atoms with Crippen LogP contribution in [0.4, 0.5) is 5.69 Å². The number of nitrogens with two attached hydrogens (primary N) is 1. The predicted octanol–water partition coefficient (Wildman–Crippen LogP) is 0.199. The van der Waals surface area contributed by atoms with E-state index < -0.39 is 35.9 Å². The summed E-state index contributed by atoms with van der Waals surface area (Å²) in [6.45, 7) is 1.10. The molecule has 0 saturated carbocycles. The number of carbonyl (C=O) groups is 4. The summed E-state index contributed by atoms with van der Waals surface area (Å²) in [5.41, 5.74) is 5.55. The van der Waals surface area contributed by atoms with E-state index in [0.717, 1.165) is 6.92 Å². The highest BCUT2D eigenvalue weighted by Crippen LogP contribution is 2.17. The van der Waals surface area contributed by atoms with Crippen LogP contribution in [0.2, 0.25) is 0 Å². The van der Waals surface area contributed by atoms with Gasteiger partial charge in [-0.05, 0) is 12.1 Å². The number of para-hydroxylation sites is 1. The highest BCUT2D eigenvalue weighted by atomic mass is 16.4. The molecule has 0 aliphatic carbocycles. The molecule has 0 spiro atoms. The van der Waals surface area contributed by atoms with Gasteiger partial charge in [-0.25, -0.2) is 0 Å². The molecule has 1 unspecified atom stereocenters. The summed E-state index contributed by atoms with van der Waals surface area (Å²) >= 11 is 0. The average molecular weight is 278 g/mol. The molecule has 1 amide bonds. The summed E-state index contributed by atoms with van der Waals surface area (Å²) < 4.78 is 0. The first-order valence-corrected chi connectivity index (χ1v) is 5.75. The molecule has 0 aliphatic heterocycles. The Morgan fingerprint density at radius 1 is 1.25 bits per heavy atom. The predicted molar refractivity (Wildman–Crippen MR) is 70.3 cm³/mol. The topological polar surface area (TPSA) is 127 Å². The minimum Gasteiger partial charge on any atom is -0.480 e. The fourth-order valence-electron chi connectivity index (χ4n) is 1.44. The van der Waals surface area contributed by atoms with E-state index in [1.807, 2.05) is 0 Å². The van der Waals surface area contributed by atoms with E-state index in [4.69, 9.17) is 10.8 Å². The first-order chi connectivity index (χ1) is 9.32. The Morgan fingerprint density at radius 2 is 1.85 bits per heavy atom. The summed E-state index contributed by atoms with van der Waals surface area (Å²) in [4.78, 5) is 44.8. The molecule has 0 bridgehead atoms. The van der Waals surface area contributed by atoms with Crippen LogP contribution in [0, 0.1) is 0 Å². The van der Waals surface area contributed by atoms with E-state index in [1.165, 1.54) is 12.1 Å². The molecule has 4 N–H and O–H groups in total. The minimum atomic E-state index is -1.32. The second-order valence-electron chi connectivity index (χ2n) is 4.13. The van der Waals surface area contributed by atoms with E-state index in [9.17, 15) is 19.2 Å². The molecule has 0 aliphatic rings. The average Bonchev–Trinajstić information content (AvgIpc) is 2.38. The molecule has 7 heteroatoms. The molecule has 0 heterocycles. The summed E-state index contributed by atoms with van der Waals surface area (Å²) in [7, 11) is 0. The van der Waals surface area contributed by atoms with Gasteiger partial charge in [-0.15, -0.1) is 0 Å². The Balaban J connectivity index is 2.95. The lowest BCUT2D eigenvalue weighted by atomic mass is 10.0. The lowest BCUT2D eigenvalue weighted by Gasteiger charge is -2.10. The number of carbonyl (C=O) groups excluding carboxylic acids is 3. The molecule has 0 radical (unpaired) electrons. The van der Waals surface area contributed by atoms with Crippen molar-refractivity contribution in [3.63, 3.8) is 0 Å². The van der Waals surface area contributed by atoms with Gasteiger partial charge in [-0.1, -0.05) is 12.1 Å². The van der Waals surface area contributed by atoms with Gasteiger partial charge in [0.15, 0.2) is 5.78 Å². The molecule has 0 fully saturated rings. The largest absolute Gasteiger partial charge is 0.480 e. The molecule has 20 heavy (non-hydrogen) atoms. The Kier molecular flexibility index (Phi) is 5.10. The maximum absolute atomic E-state index is 12.0. The van der Waals surface area contributed by atoms with Crippen molar-refractivity contribution in [1.82, 2.24) is 0 Å². The van der Waals surface area contributed by atoms with Crippen LogP contribution >= 0.6 is 0 Å². The Morgan fingerprint density at radius 3 is 2.40 bits per heavy atom. The second-order valence-corrected chi connectivity index (χ2v) is 4.13. The van der Waals surface area contributed by atoms with Gasteiger partial charge in [-0.3, -0.25) is 19.2 Å². The standard InChI is InChI=1S/C13H14N2O5/c1-7(16)12(18)15-10-5-3-2-4-8(10)11(17)6-9(14)13(19)20/h2-5,9H,6,14H2,1H3,(H,15,18)(H,19,20). The molecular weight excluding hydrogens is 264 g/mol. The van der Waals surface area contributed by atoms with Crippen LogP contribution in [0.5, 0.6) is 0 Å². The van der Waals surface area contributed by atoms with Crippen molar-refractivity contribution in [3.05, 3.63) is 29.8 Å². The third kappa shape index (κ3) is 3.99. The monoisotopic (exact) mass is 278 g/mol. The van der Waals surface area contributed by atoms with E-state index >= 15 is 0 Å². The number of rotatable bonds is 6. The first-order valence-electron chi connectivity index (χ1n) is 5.75. The van der Waals surface area contributed by atoms with Crippen LogP contribution in [0.25, 0.3) is 0 Å². The van der Waals surface area contributed by atoms with E-state index in [1.54, 1.807) is 12.1 Å². The van der Waals surface area contributed by atoms with Crippen molar-refractivity contribution in [3.8, 4) is 0 Å². The summed E-state index contributed by atoms with van der Waals surface area (Å²) in [5.74, 6) is -3.37. The van der Waals surface area contributed by atoms with Crippen molar-refractivity contribution < 1.29 is 24.3 Å². The van der Waals surface area contributed by atoms with Gasteiger partial charge in [-0.2, -0.15) is 0 Å². The van der Waals surface area contributed by atoms with Gasteiger partial charge in [0.05, 0.1) is 5.69 Å². The number of ketones is 2. The quantitative estimate of drug-likeness (QED) is 0.504. The van der Waals surface area contributed by atoms with Crippen LogP contribution in [0.1, 0.15) is 23.7 Å². The molecule has 0 aromatic heterocycles. The smallest absolute Gasteiger partial charge is 0.320 e. The molecule has 1 atom stereocenters. The summed E-state index contributed by atoms with van der Waals surface area (Å²) in [6.07, 6.45) is -0.401. The molecule has 1 aromatic carbocycles. The number of benzene rings is 1. The fourth-order valence-corrected chi connectivity index (χ4v) is 1.44. The Labute approximate surface area is 114 Å². The van der Waals surface area contributed by atoms with Gasteiger partial charge >= 0.3 is 5.97 Å². The van der Waals surface area contributed by atoms with E-state index in [0.29, 0.717) is 0 Å². The van der Waals surface area contributed by atoms with Gasteiger partial charge in [0.1, 0.15) is 6.04 Å². The van der Waals surface area contributed by atoms with E-state index in [2.05, 4.69) is 5.32 Å². The molecule has 7 nitrogen and oxygen atoms in total. The normalized spacial score (nSPS) is 11.5. The maximum atomic E-state index is 12.0. The lowest BCUT2D eigenvalue weighted by molar-refractivity contribution is -0.138. The SMILES string of the molecule is CC(=O)C(=O)Nc1ccccc1C(=O)CC(N)C(=O)O. The van der Waals surface area contributed by atoms with Crippen molar-refractivity contribution >= 4 is 29.1 Å². The number of amides is 1. The summed E-state index contributed by atoms with van der Waals surface area (Å²) in [6, 6.07) is 4.68. The van der Waals surface area contributed by atoms with Crippen LogP contribution < -0.4 is 11.1 Å². The van der Waals surface area contributed by atoms with Gasteiger partial charge in [0, 0.05) is 18.9 Å². The zero-order valence-corrected chi connectivity index (χ0v) is 10.8. The van der Waals surface area contributed by atoms with E-state index in [-0.39, 0.29) is 11.3 Å². The van der Waals surface area contributed by atoms with Crippen LogP contribution in [-0.4, -0.2) is 34.6 Å². The number of aliphatic carboxylic acids is 1. The number of hydrogen-bond donors (Lipinski definition) is 3. The Bertz CT molecular complexity index is 568. The minimum absolute atomic E-state index is 0.110. The number of Topliss-reactive ketones (excluding diaryl/α,β-unsaturated/α-hetero) is 2. The van der Waals surface area contributed by atoms with Gasteiger partial charge in [0.25, 0.3) is 5.91 Å². The van der Waals surface area contributed by atoms with Gasteiger partial charge in [0.2, 0.25) is 5.78 Å². The third-order valence-corrected chi connectivity index (χ3v) is 2.52. The van der Waals surface area contributed by atoms with Gasteiger partial charge < -0.3 is 16.2 Å². The highest BCUT2D eigenvalue weighted by Gasteiger charge is 2.20. The van der Waals surface area contributed by atoms with Crippen molar-refractivity contribution in [1.29, 1.82) is 0 Å². The van der Waals surface area contributed by atoms with Crippen LogP contribution in [0.15, 0.2) is 24.3 Å². The van der Waals surface area contributed by atoms with Crippen molar-refractivity contribution in [2.75, 3.05) is 5.32 Å². The summed E-state index contributed by atoms with van der Waals surface area (Å²) in [5, 5.41) is 11.0. The Hall–Kier alpha value is -2.54. The third-order valence-electron chi connectivity index (χ3n) is 2.52. The number of nitrogens with one attached hydrogen (secondary N) is 1. The number of carboxylic acids is 1. The van der Waals surface area contributed by atoms with Crippen molar-refractivity contribution in [2.45, 2.75) is 19.4 Å².